The van der Waals surface area contributed by atoms with Crippen molar-refractivity contribution in [1.29, 1.82) is 0 Å². The van der Waals surface area contributed by atoms with E-state index >= 15 is 0 Å². The summed E-state index contributed by atoms with van der Waals surface area (Å²) < 4.78 is 5.13. The van der Waals surface area contributed by atoms with Gasteiger partial charge in [0.25, 0.3) is 0 Å². The zero-order chi connectivity index (χ0) is 23.2. The molecule has 0 saturated heterocycles. The number of hydrogen-bond donors (Lipinski definition) is 4. The number of carbonyl (C=O) groups excluding carboxylic acids is 2. The molecular weight excluding hydrogens is 412 g/mol. The third-order valence-electron chi connectivity index (χ3n) is 4.61. The van der Waals surface area contributed by atoms with Crippen LogP contribution in [0.1, 0.15) is 36.0 Å². The summed E-state index contributed by atoms with van der Waals surface area (Å²) in [7, 11) is 0. The van der Waals surface area contributed by atoms with Gasteiger partial charge >= 0.3 is 12.1 Å². The number of amides is 2. The van der Waals surface area contributed by atoms with Gasteiger partial charge in [0.1, 0.15) is 12.6 Å². The number of carbonyl (C=O) groups is 3. The number of benzene rings is 2. The average molecular weight is 441 g/mol. The number of hydrogen-bond acceptors (Lipinski definition) is 6. The van der Waals surface area contributed by atoms with Gasteiger partial charge in [-0.3, -0.25) is 9.59 Å². The SMILES string of the molecule is NN=Cc1ccc(CCCNC(=O)[C@@H](CCC(=O)O)NC(=O)OCc2ccccc2)cc1. The van der Waals surface area contributed by atoms with Crippen molar-refractivity contribution < 1.29 is 24.2 Å². The van der Waals surface area contributed by atoms with Crippen LogP contribution in [0, 0.1) is 0 Å². The molecule has 0 aliphatic carbocycles. The topological polar surface area (TPSA) is 143 Å². The number of carboxylic acids is 1. The first kappa shape index (κ1) is 24.4. The quantitative estimate of drug-likeness (QED) is 0.172. The molecule has 0 fully saturated rings. The Morgan fingerprint density at radius 1 is 1.06 bits per heavy atom. The van der Waals surface area contributed by atoms with Crippen LogP contribution in [0.15, 0.2) is 59.7 Å². The Bertz CT molecular complexity index is 900. The van der Waals surface area contributed by atoms with Crippen molar-refractivity contribution in [3.05, 3.63) is 71.3 Å². The molecule has 2 amide bonds. The van der Waals surface area contributed by atoms with Crippen molar-refractivity contribution >= 4 is 24.2 Å². The molecule has 0 spiro atoms. The number of nitrogens with two attached hydrogens (primary N) is 1. The number of aliphatic carboxylic acids is 1. The molecule has 0 heterocycles. The highest BCUT2D eigenvalue weighted by molar-refractivity contribution is 5.86. The van der Waals surface area contributed by atoms with E-state index in [2.05, 4.69) is 15.7 Å². The highest BCUT2D eigenvalue weighted by atomic mass is 16.5. The van der Waals surface area contributed by atoms with E-state index in [1.807, 2.05) is 42.5 Å². The predicted molar refractivity (Wildman–Crippen MR) is 120 cm³/mol. The maximum Gasteiger partial charge on any atom is 0.408 e. The summed E-state index contributed by atoms with van der Waals surface area (Å²) in [5.41, 5.74) is 2.80. The Hall–Kier alpha value is -3.88. The molecule has 0 bridgehead atoms. The van der Waals surface area contributed by atoms with E-state index in [1.54, 1.807) is 18.3 Å². The number of alkyl carbamates (subject to hydrolysis) is 1. The Morgan fingerprint density at radius 2 is 1.78 bits per heavy atom. The van der Waals surface area contributed by atoms with Crippen molar-refractivity contribution in [2.75, 3.05) is 6.54 Å². The maximum absolute atomic E-state index is 12.5. The smallest absolute Gasteiger partial charge is 0.408 e. The molecule has 0 aliphatic heterocycles. The van der Waals surface area contributed by atoms with Crippen molar-refractivity contribution in [2.24, 2.45) is 10.9 Å². The van der Waals surface area contributed by atoms with E-state index < -0.39 is 24.0 Å². The molecule has 2 rings (SSSR count). The van der Waals surface area contributed by atoms with Gasteiger partial charge in [0.15, 0.2) is 0 Å². The van der Waals surface area contributed by atoms with E-state index in [-0.39, 0.29) is 19.4 Å². The number of ether oxygens (including phenoxy) is 1. The second kappa shape index (κ2) is 13.4. The summed E-state index contributed by atoms with van der Waals surface area (Å²) in [6, 6.07) is 15.8. The Balaban J connectivity index is 1.79. The molecule has 9 heteroatoms. The Morgan fingerprint density at radius 3 is 2.44 bits per heavy atom. The van der Waals surface area contributed by atoms with Crippen LogP contribution in [0.25, 0.3) is 0 Å². The molecule has 0 unspecified atom stereocenters. The van der Waals surface area contributed by atoms with Crippen LogP contribution in [0.2, 0.25) is 0 Å². The summed E-state index contributed by atoms with van der Waals surface area (Å²) in [6.45, 7) is 0.436. The first-order valence-electron chi connectivity index (χ1n) is 10.3. The van der Waals surface area contributed by atoms with E-state index in [9.17, 15) is 14.4 Å². The zero-order valence-corrected chi connectivity index (χ0v) is 17.7. The second-order valence-electron chi connectivity index (χ2n) is 7.11. The average Bonchev–Trinajstić information content (AvgIpc) is 2.79. The zero-order valence-electron chi connectivity index (χ0n) is 17.7. The fourth-order valence-corrected chi connectivity index (χ4v) is 2.93. The minimum Gasteiger partial charge on any atom is -0.481 e. The van der Waals surface area contributed by atoms with Crippen LogP contribution in [-0.2, 0) is 27.4 Å². The molecular formula is C23H28N4O5. The van der Waals surface area contributed by atoms with Gasteiger partial charge in [0.2, 0.25) is 5.91 Å². The van der Waals surface area contributed by atoms with Gasteiger partial charge in [0, 0.05) is 13.0 Å². The van der Waals surface area contributed by atoms with Crippen LogP contribution >= 0.6 is 0 Å². The minimum atomic E-state index is -1.05. The molecule has 9 nitrogen and oxygen atoms in total. The first-order valence-corrected chi connectivity index (χ1v) is 10.3. The van der Waals surface area contributed by atoms with Crippen molar-refractivity contribution in [3.63, 3.8) is 0 Å². The highest BCUT2D eigenvalue weighted by Crippen LogP contribution is 2.06. The van der Waals surface area contributed by atoms with E-state index in [4.69, 9.17) is 15.7 Å². The van der Waals surface area contributed by atoms with E-state index in [0.717, 1.165) is 23.1 Å². The molecule has 1 atom stereocenters. The molecule has 0 radical (unpaired) electrons. The van der Waals surface area contributed by atoms with Crippen LogP contribution in [0.3, 0.4) is 0 Å². The number of rotatable bonds is 12. The maximum atomic E-state index is 12.5. The fourth-order valence-electron chi connectivity index (χ4n) is 2.93. The third kappa shape index (κ3) is 9.29. The van der Waals surface area contributed by atoms with E-state index in [0.29, 0.717) is 13.0 Å². The summed E-state index contributed by atoms with van der Waals surface area (Å²) in [4.78, 5) is 35.5. The molecule has 32 heavy (non-hydrogen) atoms. The van der Waals surface area contributed by atoms with Gasteiger partial charge in [-0.05, 0) is 36.0 Å². The Labute approximate surface area is 186 Å². The van der Waals surface area contributed by atoms with Crippen molar-refractivity contribution in [2.45, 2.75) is 38.3 Å². The molecule has 2 aromatic rings. The van der Waals surface area contributed by atoms with Gasteiger partial charge in [-0.15, -0.1) is 0 Å². The number of hydrazone groups is 1. The minimum absolute atomic E-state index is 0.0360. The largest absolute Gasteiger partial charge is 0.481 e. The summed E-state index contributed by atoms with van der Waals surface area (Å²) in [6.07, 6.45) is 1.91. The van der Waals surface area contributed by atoms with Crippen LogP contribution in [0.4, 0.5) is 4.79 Å². The summed E-state index contributed by atoms with van der Waals surface area (Å²) >= 11 is 0. The number of nitrogens with zero attached hydrogens (tertiary/aromatic N) is 1. The molecule has 2 aromatic carbocycles. The lowest BCUT2D eigenvalue weighted by Gasteiger charge is -2.18. The molecule has 170 valence electrons. The predicted octanol–water partition coefficient (Wildman–Crippen LogP) is 2.19. The van der Waals surface area contributed by atoms with Crippen LogP contribution in [-0.4, -0.2) is 41.9 Å². The molecule has 0 saturated carbocycles. The van der Waals surface area contributed by atoms with Gasteiger partial charge in [-0.2, -0.15) is 5.10 Å². The first-order chi connectivity index (χ1) is 15.5. The summed E-state index contributed by atoms with van der Waals surface area (Å²) in [5.74, 6) is 3.63. The van der Waals surface area contributed by atoms with Gasteiger partial charge in [-0.25, -0.2) is 4.79 Å². The van der Waals surface area contributed by atoms with Crippen molar-refractivity contribution in [3.8, 4) is 0 Å². The van der Waals surface area contributed by atoms with Crippen LogP contribution in [0.5, 0.6) is 0 Å². The third-order valence-corrected chi connectivity index (χ3v) is 4.61. The highest BCUT2D eigenvalue weighted by Gasteiger charge is 2.22. The van der Waals surface area contributed by atoms with Crippen molar-refractivity contribution in [1.82, 2.24) is 10.6 Å². The summed E-state index contributed by atoms with van der Waals surface area (Å²) in [5, 5.41) is 17.6. The fraction of sp³-hybridized carbons (Fsp3) is 0.304. The van der Waals surface area contributed by atoms with E-state index in [1.165, 1.54) is 0 Å². The lowest BCUT2D eigenvalue weighted by molar-refractivity contribution is -0.137. The monoisotopic (exact) mass is 440 g/mol. The lowest BCUT2D eigenvalue weighted by atomic mass is 10.1. The second-order valence-corrected chi connectivity index (χ2v) is 7.11. The Kier molecular flexibility index (Phi) is 10.2. The van der Waals surface area contributed by atoms with Gasteiger partial charge < -0.3 is 26.3 Å². The number of nitrogens with one attached hydrogen (secondary N) is 2. The van der Waals surface area contributed by atoms with Gasteiger partial charge in [0.05, 0.1) is 6.21 Å². The number of aryl methyl sites for hydroxylation is 1. The molecule has 0 aliphatic rings. The van der Waals surface area contributed by atoms with Gasteiger partial charge in [-0.1, -0.05) is 54.6 Å². The van der Waals surface area contributed by atoms with Crippen LogP contribution < -0.4 is 16.5 Å². The standard InChI is InChI=1S/C23H28N4O5/c24-26-15-18-10-8-17(9-11-18)7-4-14-25-22(30)20(12-13-21(28)29)27-23(31)32-16-19-5-2-1-3-6-19/h1-3,5-6,8-11,15,20H,4,7,12-14,16,24H2,(H,25,30)(H,27,31)(H,28,29)/t20-/m1/s1. The molecule has 0 aromatic heterocycles. The number of carboxylic acid groups (broad SMARTS) is 1. The normalized spacial score (nSPS) is 11.6. The molecule has 5 N–H and O–H groups in total. The lowest BCUT2D eigenvalue weighted by Crippen LogP contribution is -2.47.